The van der Waals surface area contributed by atoms with Crippen molar-refractivity contribution in [2.45, 2.75) is 32.6 Å². The van der Waals surface area contributed by atoms with Gasteiger partial charge in [0.15, 0.2) is 0 Å². The van der Waals surface area contributed by atoms with Gasteiger partial charge in [-0.05, 0) is 33.4 Å². The van der Waals surface area contributed by atoms with Gasteiger partial charge in [0.1, 0.15) is 0 Å². The third-order valence-electron chi connectivity index (χ3n) is 2.75. The SMILES string of the molecule is CCOC(=O)CCCNC(=O)CN(C)CCCC(=O)OC. The summed E-state index contributed by atoms with van der Waals surface area (Å²) in [5.74, 6) is -0.585. The first-order valence-electron chi connectivity index (χ1n) is 7.17. The number of likely N-dealkylation sites (N-methyl/N-ethyl adjacent to an activating group) is 1. The van der Waals surface area contributed by atoms with Gasteiger partial charge in [-0.2, -0.15) is 0 Å². The van der Waals surface area contributed by atoms with Crippen LogP contribution in [-0.2, 0) is 23.9 Å². The summed E-state index contributed by atoms with van der Waals surface area (Å²) in [4.78, 5) is 35.5. The van der Waals surface area contributed by atoms with Crippen molar-refractivity contribution in [2.24, 2.45) is 0 Å². The zero-order valence-corrected chi connectivity index (χ0v) is 13.1. The topological polar surface area (TPSA) is 84.9 Å². The number of amides is 1. The molecule has 0 unspecified atom stereocenters. The second kappa shape index (κ2) is 12.1. The highest BCUT2D eigenvalue weighted by Gasteiger charge is 2.08. The van der Waals surface area contributed by atoms with Crippen LogP contribution >= 0.6 is 0 Å². The highest BCUT2D eigenvalue weighted by Crippen LogP contribution is 1.95. The van der Waals surface area contributed by atoms with E-state index in [4.69, 9.17) is 4.74 Å². The van der Waals surface area contributed by atoms with Crippen molar-refractivity contribution in [1.29, 1.82) is 0 Å². The van der Waals surface area contributed by atoms with E-state index < -0.39 is 0 Å². The maximum absolute atomic E-state index is 11.6. The molecule has 21 heavy (non-hydrogen) atoms. The van der Waals surface area contributed by atoms with Crippen molar-refractivity contribution < 1.29 is 23.9 Å². The molecule has 0 aliphatic rings. The molecule has 7 nitrogen and oxygen atoms in total. The number of carbonyl (C=O) groups is 3. The lowest BCUT2D eigenvalue weighted by Crippen LogP contribution is -2.36. The molecule has 0 radical (unpaired) electrons. The van der Waals surface area contributed by atoms with Gasteiger partial charge >= 0.3 is 11.9 Å². The lowest BCUT2D eigenvalue weighted by Gasteiger charge is -2.15. The van der Waals surface area contributed by atoms with Crippen molar-refractivity contribution in [3.63, 3.8) is 0 Å². The van der Waals surface area contributed by atoms with Gasteiger partial charge in [-0.1, -0.05) is 0 Å². The molecule has 0 fully saturated rings. The van der Waals surface area contributed by atoms with Crippen molar-refractivity contribution in [1.82, 2.24) is 10.2 Å². The van der Waals surface area contributed by atoms with Crippen LogP contribution in [0.3, 0.4) is 0 Å². The molecule has 0 aliphatic heterocycles. The third-order valence-corrected chi connectivity index (χ3v) is 2.75. The van der Waals surface area contributed by atoms with E-state index in [2.05, 4.69) is 10.1 Å². The van der Waals surface area contributed by atoms with Gasteiger partial charge in [0.05, 0.1) is 20.3 Å². The number of methoxy groups -OCH3 is 1. The standard InChI is InChI=1S/C14H26N2O5/c1-4-21-14(19)7-5-9-15-12(17)11-16(2)10-6-8-13(18)20-3/h4-11H2,1-3H3,(H,15,17). The van der Waals surface area contributed by atoms with E-state index in [0.29, 0.717) is 45.4 Å². The smallest absolute Gasteiger partial charge is 0.305 e. The van der Waals surface area contributed by atoms with E-state index in [-0.39, 0.29) is 24.4 Å². The molecule has 7 heteroatoms. The Labute approximate surface area is 126 Å². The van der Waals surface area contributed by atoms with Crippen LogP contribution in [0.15, 0.2) is 0 Å². The quantitative estimate of drug-likeness (QED) is 0.437. The van der Waals surface area contributed by atoms with E-state index >= 15 is 0 Å². The first-order chi connectivity index (χ1) is 9.99. The summed E-state index contributed by atoms with van der Waals surface area (Å²) in [6, 6.07) is 0. The monoisotopic (exact) mass is 302 g/mol. The molecule has 0 aliphatic carbocycles. The van der Waals surface area contributed by atoms with Crippen LogP contribution < -0.4 is 5.32 Å². The van der Waals surface area contributed by atoms with Gasteiger partial charge in [-0.15, -0.1) is 0 Å². The highest BCUT2D eigenvalue weighted by molar-refractivity contribution is 5.78. The number of hydrogen-bond acceptors (Lipinski definition) is 6. The summed E-state index contributed by atoms with van der Waals surface area (Å²) in [6.07, 6.45) is 1.88. The molecule has 0 aromatic carbocycles. The predicted octanol–water partition coefficient (Wildman–Crippen LogP) is 0.331. The summed E-state index contributed by atoms with van der Waals surface area (Å²) < 4.78 is 9.33. The van der Waals surface area contributed by atoms with E-state index in [1.807, 2.05) is 11.9 Å². The molecule has 122 valence electrons. The minimum absolute atomic E-state index is 0.0978. The Morgan fingerprint density at radius 3 is 2.38 bits per heavy atom. The molecular formula is C14H26N2O5. The molecule has 0 aromatic heterocycles. The minimum atomic E-state index is -0.244. The Morgan fingerprint density at radius 2 is 1.76 bits per heavy atom. The fraction of sp³-hybridized carbons (Fsp3) is 0.786. The normalized spacial score (nSPS) is 10.3. The maximum atomic E-state index is 11.6. The molecular weight excluding hydrogens is 276 g/mol. The number of nitrogens with one attached hydrogen (secondary N) is 1. The fourth-order valence-corrected chi connectivity index (χ4v) is 1.67. The largest absolute Gasteiger partial charge is 0.469 e. The number of hydrogen-bond donors (Lipinski definition) is 1. The van der Waals surface area contributed by atoms with E-state index in [1.165, 1.54) is 7.11 Å². The first-order valence-corrected chi connectivity index (χ1v) is 7.17. The second-order valence-electron chi connectivity index (χ2n) is 4.68. The van der Waals surface area contributed by atoms with Crippen LogP contribution in [0, 0.1) is 0 Å². The predicted molar refractivity (Wildman–Crippen MR) is 77.6 cm³/mol. The van der Waals surface area contributed by atoms with Crippen molar-refractivity contribution >= 4 is 17.8 Å². The molecule has 0 saturated carbocycles. The van der Waals surface area contributed by atoms with E-state index in [9.17, 15) is 14.4 Å². The van der Waals surface area contributed by atoms with Crippen LogP contribution in [-0.4, -0.2) is 63.1 Å². The first kappa shape index (κ1) is 19.4. The van der Waals surface area contributed by atoms with Gasteiger partial charge in [0.2, 0.25) is 5.91 Å². The van der Waals surface area contributed by atoms with Gasteiger partial charge in [-0.25, -0.2) is 0 Å². The van der Waals surface area contributed by atoms with Crippen LogP contribution in [0.5, 0.6) is 0 Å². The van der Waals surface area contributed by atoms with Gasteiger partial charge in [-0.3, -0.25) is 19.3 Å². The zero-order valence-electron chi connectivity index (χ0n) is 13.1. The summed E-state index contributed by atoms with van der Waals surface area (Å²) in [7, 11) is 3.17. The van der Waals surface area contributed by atoms with Crippen LogP contribution in [0.25, 0.3) is 0 Å². The Kier molecular flexibility index (Phi) is 11.2. The Bertz CT molecular complexity index is 333. The molecule has 0 spiro atoms. The van der Waals surface area contributed by atoms with E-state index in [0.717, 1.165) is 0 Å². The van der Waals surface area contributed by atoms with Crippen LogP contribution in [0.1, 0.15) is 32.6 Å². The van der Waals surface area contributed by atoms with Gasteiger partial charge < -0.3 is 14.8 Å². The minimum Gasteiger partial charge on any atom is -0.469 e. The van der Waals surface area contributed by atoms with Crippen molar-refractivity contribution in [3.05, 3.63) is 0 Å². The molecule has 0 rings (SSSR count). The fourth-order valence-electron chi connectivity index (χ4n) is 1.67. The summed E-state index contributed by atoms with van der Waals surface area (Å²) >= 11 is 0. The Hall–Kier alpha value is -1.63. The second-order valence-corrected chi connectivity index (χ2v) is 4.68. The van der Waals surface area contributed by atoms with Crippen LogP contribution in [0.4, 0.5) is 0 Å². The lowest BCUT2D eigenvalue weighted by atomic mass is 10.3. The number of carbonyl (C=O) groups excluding carboxylic acids is 3. The van der Waals surface area contributed by atoms with E-state index in [1.54, 1.807) is 6.92 Å². The third kappa shape index (κ3) is 11.9. The Balaban J connectivity index is 3.60. The molecule has 1 amide bonds. The summed E-state index contributed by atoms with van der Waals surface area (Å²) in [6.45, 7) is 3.50. The Morgan fingerprint density at radius 1 is 1.10 bits per heavy atom. The van der Waals surface area contributed by atoms with Crippen molar-refractivity contribution in [3.8, 4) is 0 Å². The molecule has 0 aromatic rings. The molecule has 0 saturated heterocycles. The molecule has 0 bridgehead atoms. The number of ether oxygens (including phenoxy) is 2. The average molecular weight is 302 g/mol. The number of rotatable bonds is 11. The zero-order chi connectivity index (χ0) is 16.1. The average Bonchev–Trinajstić information content (AvgIpc) is 2.43. The summed E-state index contributed by atoms with van der Waals surface area (Å²) in [5, 5.41) is 2.74. The van der Waals surface area contributed by atoms with Crippen molar-refractivity contribution in [2.75, 3.05) is 40.4 Å². The highest BCUT2D eigenvalue weighted by atomic mass is 16.5. The molecule has 0 atom stereocenters. The number of nitrogens with zero attached hydrogens (tertiary/aromatic N) is 1. The van der Waals surface area contributed by atoms with Gasteiger partial charge in [0, 0.05) is 19.4 Å². The summed E-state index contributed by atoms with van der Waals surface area (Å²) in [5.41, 5.74) is 0. The maximum Gasteiger partial charge on any atom is 0.305 e. The lowest BCUT2D eigenvalue weighted by molar-refractivity contribution is -0.143. The molecule has 1 N–H and O–H groups in total. The number of esters is 2. The van der Waals surface area contributed by atoms with Crippen LogP contribution in [0.2, 0.25) is 0 Å². The molecule has 0 heterocycles. The van der Waals surface area contributed by atoms with Gasteiger partial charge in [0.25, 0.3) is 0 Å².